The highest BCUT2D eigenvalue weighted by Crippen LogP contribution is 2.44. The van der Waals surface area contributed by atoms with Gasteiger partial charge < -0.3 is 15.5 Å². The van der Waals surface area contributed by atoms with Crippen LogP contribution < -0.4 is 10.6 Å². The van der Waals surface area contributed by atoms with E-state index in [2.05, 4.69) is 27.4 Å². The molecule has 0 unspecified atom stereocenters. The van der Waals surface area contributed by atoms with E-state index in [1.165, 1.54) is 0 Å². The van der Waals surface area contributed by atoms with Gasteiger partial charge in [-0.05, 0) is 58.3 Å². The van der Waals surface area contributed by atoms with E-state index in [1.807, 2.05) is 30.9 Å². The monoisotopic (exact) mass is 373 g/mol. The molecule has 7 nitrogen and oxygen atoms in total. The predicted molar refractivity (Wildman–Crippen MR) is 105 cm³/mol. The fourth-order valence-electron chi connectivity index (χ4n) is 4.48. The molecular weight excluding hydrogens is 342 g/mol. The Kier molecular flexibility index (Phi) is 5.99. The molecule has 1 aromatic rings. The van der Waals surface area contributed by atoms with Gasteiger partial charge >= 0.3 is 6.03 Å². The van der Waals surface area contributed by atoms with Crippen molar-refractivity contribution in [2.45, 2.75) is 52.1 Å². The van der Waals surface area contributed by atoms with Crippen LogP contribution in [0.5, 0.6) is 0 Å². The number of urea groups is 1. The second-order valence-corrected chi connectivity index (χ2v) is 7.88. The average Bonchev–Trinajstić information content (AvgIpc) is 2.89. The van der Waals surface area contributed by atoms with Crippen molar-refractivity contribution in [1.29, 1.82) is 0 Å². The van der Waals surface area contributed by atoms with Crippen LogP contribution in [0.1, 0.15) is 40.0 Å². The van der Waals surface area contributed by atoms with Crippen molar-refractivity contribution in [3.63, 3.8) is 0 Å². The Balaban J connectivity index is 1.80. The summed E-state index contributed by atoms with van der Waals surface area (Å²) in [5, 5.41) is 6.05. The Hall–Kier alpha value is -2.15. The average molecular weight is 374 g/mol. The number of hydrogen-bond donors (Lipinski definition) is 2. The smallest absolute Gasteiger partial charge is 0.317 e. The third-order valence-electron chi connectivity index (χ3n) is 5.90. The normalized spacial score (nSPS) is 25.8. The van der Waals surface area contributed by atoms with Crippen molar-refractivity contribution < 1.29 is 9.59 Å². The first-order valence-corrected chi connectivity index (χ1v) is 9.97. The van der Waals surface area contributed by atoms with Gasteiger partial charge in [-0.1, -0.05) is 6.92 Å². The van der Waals surface area contributed by atoms with E-state index < -0.39 is 5.41 Å². The predicted octanol–water partition coefficient (Wildman–Crippen LogP) is 2.31. The van der Waals surface area contributed by atoms with E-state index in [0.717, 1.165) is 31.6 Å². The van der Waals surface area contributed by atoms with Crippen molar-refractivity contribution >= 4 is 17.6 Å². The molecule has 2 atom stereocenters. The lowest BCUT2D eigenvalue weighted by Gasteiger charge is -2.35. The number of nitrogens with one attached hydrogen (secondary N) is 2. The number of nitrogens with zero attached hydrogens (tertiary/aromatic N) is 3. The zero-order valence-corrected chi connectivity index (χ0v) is 16.6. The van der Waals surface area contributed by atoms with Gasteiger partial charge in [-0.3, -0.25) is 14.7 Å². The Bertz CT molecular complexity index is 666. The van der Waals surface area contributed by atoms with Crippen LogP contribution >= 0.6 is 0 Å². The molecule has 1 aromatic heterocycles. The SMILES string of the molecule is CCN1CC[C@]2(C(=O)Nc3cccnc3)CCN(C(=O)NC(C)C)CC[C@H]12. The molecule has 3 heterocycles. The summed E-state index contributed by atoms with van der Waals surface area (Å²) in [7, 11) is 0. The van der Waals surface area contributed by atoms with Gasteiger partial charge in [-0.25, -0.2) is 4.79 Å². The maximum absolute atomic E-state index is 13.4. The largest absolute Gasteiger partial charge is 0.336 e. The van der Waals surface area contributed by atoms with Crippen LogP contribution in [-0.4, -0.2) is 65.0 Å². The Labute approximate surface area is 161 Å². The number of fused-ring (bicyclic) bond motifs is 1. The third kappa shape index (κ3) is 4.08. The fourth-order valence-corrected chi connectivity index (χ4v) is 4.48. The molecule has 148 valence electrons. The summed E-state index contributed by atoms with van der Waals surface area (Å²) in [4.78, 5) is 34.2. The first-order valence-electron chi connectivity index (χ1n) is 9.97. The molecular formula is C20H31N5O2. The molecule has 7 heteroatoms. The summed E-state index contributed by atoms with van der Waals surface area (Å²) < 4.78 is 0. The highest BCUT2D eigenvalue weighted by atomic mass is 16.2. The molecule has 2 fully saturated rings. The molecule has 0 saturated carbocycles. The van der Waals surface area contributed by atoms with E-state index in [9.17, 15) is 9.59 Å². The third-order valence-corrected chi connectivity index (χ3v) is 5.90. The molecule has 0 bridgehead atoms. The van der Waals surface area contributed by atoms with E-state index in [1.54, 1.807) is 12.4 Å². The van der Waals surface area contributed by atoms with Gasteiger partial charge in [0.15, 0.2) is 0 Å². The Morgan fingerprint density at radius 3 is 2.74 bits per heavy atom. The number of aromatic nitrogens is 1. The number of amides is 3. The first kappa shape index (κ1) is 19.6. The van der Waals surface area contributed by atoms with E-state index in [0.29, 0.717) is 19.5 Å². The zero-order chi connectivity index (χ0) is 19.4. The van der Waals surface area contributed by atoms with Gasteiger partial charge in [-0.15, -0.1) is 0 Å². The van der Waals surface area contributed by atoms with Crippen LogP contribution in [0.3, 0.4) is 0 Å². The van der Waals surface area contributed by atoms with E-state index in [-0.39, 0.29) is 24.0 Å². The number of carbonyl (C=O) groups excluding carboxylic acids is 2. The van der Waals surface area contributed by atoms with Gasteiger partial charge in [0.1, 0.15) is 0 Å². The maximum atomic E-state index is 13.4. The molecule has 27 heavy (non-hydrogen) atoms. The van der Waals surface area contributed by atoms with Gasteiger partial charge in [0.05, 0.1) is 17.3 Å². The lowest BCUT2D eigenvalue weighted by molar-refractivity contribution is -0.127. The zero-order valence-electron chi connectivity index (χ0n) is 16.6. The molecule has 2 aliphatic rings. The lowest BCUT2D eigenvalue weighted by Crippen LogP contribution is -2.47. The molecule has 2 N–H and O–H groups in total. The van der Waals surface area contributed by atoms with Gasteiger partial charge in [0, 0.05) is 31.4 Å². The summed E-state index contributed by atoms with van der Waals surface area (Å²) in [5.41, 5.74) is 0.267. The van der Waals surface area contributed by atoms with Crippen LogP contribution in [0.4, 0.5) is 10.5 Å². The maximum Gasteiger partial charge on any atom is 0.317 e. The topological polar surface area (TPSA) is 77.6 Å². The number of pyridine rings is 1. The minimum Gasteiger partial charge on any atom is -0.336 e. The summed E-state index contributed by atoms with van der Waals surface area (Å²) in [6, 6.07) is 3.92. The van der Waals surface area contributed by atoms with Crippen molar-refractivity contribution in [2.24, 2.45) is 5.41 Å². The Morgan fingerprint density at radius 2 is 2.07 bits per heavy atom. The van der Waals surface area contributed by atoms with Crippen LogP contribution in [0, 0.1) is 5.41 Å². The van der Waals surface area contributed by atoms with Gasteiger partial charge in [0.2, 0.25) is 5.91 Å². The number of carbonyl (C=O) groups is 2. The molecule has 3 rings (SSSR count). The first-order chi connectivity index (χ1) is 13.0. The fraction of sp³-hybridized carbons (Fsp3) is 0.650. The van der Waals surface area contributed by atoms with Crippen LogP contribution in [0.15, 0.2) is 24.5 Å². The highest BCUT2D eigenvalue weighted by Gasteiger charge is 2.53. The molecule has 0 radical (unpaired) electrons. The quantitative estimate of drug-likeness (QED) is 0.849. The van der Waals surface area contributed by atoms with E-state index >= 15 is 0 Å². The van der Waals surface area contributed by atoms with Crippen LogP contribution in [0.2, 0.25) is 0 Å². The summed E-state index contributed by atoms with van der Waals surface area (Å²) in [6.07, 6.45) is 5.71. The molecule has 0 aliphatic carbocycles. The molecule has 2 aliphatic heterocycles. The molecule has 0 spiro atoms. The molecule has 0 aromatic carbocycles. The standard InChI is InChI=1S/C20H31N5O2/c1-4-24-12-8-20(18(26)23-16-6-5-10-21-14-16)9-13-25(11-7-17(20)24)19(27)22-15(2)3/h5-6,10,14-15,17H,4,7-9,11-13H2,1-3H3,(H,22,27)(H,23,26)/t17-,20-/m0/s1. The number of likely N-dealkylation sites (tertiary alicyclic amines) is 2. The van der Waals surface area contributed by atoms with Gasteiger partial charge in [0.25, 0.3) is 0 Å². The van der Waals surface area contributed by atoms with Gasteiger partial charge in [-0.2, -0.15) is 0 Å². The summed E-state index contributed by atoms with van der Waals surface area (Å²) in [5.74, 6) is 0.0579. The number of anilines is 1. The van der Waals surface area contributed by atoms with Crippen LogP contribution in [0.25, 0.3) is 0 Å². The summed E-state index contributed by atoms with van der Waals surface area (Å²) >= 11 is 0. The molecule has 2 saturated heterocycles. The molecule has 3 amide bonds. The van der Waals surface area contributed by atoms with Crippen molar-refractivity contribution in [3.05, 3.63) is 24.5 Å². The second-order valence-electron chi connectivity index (χ2n) is 7.88. The minimum atomic E-state index is -0.460. The van der Waals surface area contributed by atoms with Crippen molar-refractivity contribution in [3.8, 4) is 0 Å². The second kappa shape index (κ2) is 8.25. The van der Waals surface area contributed by atoms with Crippen molar-refractivity contribution in [1.82, 2.24) is 20.1 Å². The number of rotatable bonds is 4. The van der Waals surface area contributed by atoms with E-state index in [4.69, 9.17) is 0 Å². The lowest BCUT2D eigenvalue weighted by atomic mass is 9.75. The van der Waals surface area contributed by atoms with Crippen molar-refractivity contribution in [2.75, 3.05) is 31.5 Å². The van der Waals surface area contributed by atoms with Crippen LogP contribution in [-0.2, 0) is 4.79 Å². The Morgan fingerprint density at radius 1 is 1.30 bits per heavy atom. The number of hydrogen-bond acceptors (Lipinski definition) is 4. The summed E-state index contributed by atoms with van der Waals surface area (Å²) in [6.45, 7) is 9.21. The minimum absolute atomic E-state index is 0.0316. The highest BCUT2D eigenvalue weighted by molar-refractivity contribution is 5.96.